The van der Waals surface area contributed by atoms with Crippen molar-refractivity contribution in [2.24, 2.45) is 0 Å². The molecule has 32 heavy (non-hydrogen) atoms. The standard InChI is InChI=1S/C22H21F2N3O5/c1-22(15-4-8-18(9-5-15)32-20(23)24)19(29)27(21(30)26-22)12-16(28)13-31-17-6-2-14(3-7-17)10-11-25/h2-9,16,20,28H,10,12-13H2,1H3,(H,26,30). The molecule has 3 amide bonds. The molecule has 0 spiro atoms. The molecule has 2 aromatic rings. The third-order valence-corrected chi connectivity index (χ3v) is 4.97. The molecular formula is C22H21F2N3O5. The molecule has 1 aliphatic heterocycles. The van der Waals surface area contributed by atoms with Gasteiger partial charge in [-0.05, 0) is 42.3 Å². The molecule has 2 N–H and O–H groups in total. The van der Waals surface area contributed by atoms with Gasteiger partial charge in [0.1, 0.15) is 29.7 Å². The van der Waals surface area contributed by atoms with Gasteiger partial charge in [-0.1, -0.05) is 24.3 Å². The molecule has 0 aliphatic carbocycles. The Morgan fingerprint density at radius 2 is 1.75 bits per heavy atom. The topological polar surface area (TPSA) is 112 Å². The van der Waals surface area contributed by atoms with Gasteiger partial charge in [-0.25, -0.2) is 4.79 Å². The van der Waals surface area contributed by atoms with E-state index >= 15 is 0 Å². The van der Waals surface area contributed by atoms with Crippen LogP contribution in [-0.4, -0.2) is 47.8 Å². The first kappa shape index (κ1) is 23.0. The number of β-amino-alcohol motifs (C(OH)–C–C–N with tert-alkyl or cyclic N) is 1. The summed E-state index contributed by atoms with van der Waals surface area (Å²) in [6, 6.07) is 13.5. The molecule has 0 aromatic heterocycles. The molecule has 2 aromatic carbocycles. The van der Waals surface area contributed by atoms with Crippen LogP contribution >= 0.6 is 0 Å². The number of benzene rings is 2. The number of carbonyl (C=O) groups is 2. The maximum Gasteiger partial charge on any atom is 0.387 e. The molecule has 0 radical (unpaired) electrons. The van der Waals surface area contributed by atoms with Gasteiger partial charge < -0.3 is 19.9 Å². The number of urea groups is 1. The van der Waals surface area contributed by atoms with Gasteiger partial charge in [0.25, 0.3) is 5.91 Å². The third kappa shape index (κ3) is 5.12. The zero-order valence-corrected chi connectivity index (χ0v) is 17.1. The highest BCUT2D eigenvalue weighted by molar-refractivity contribution is 6.07. The van der Waals surface area contributed by atoms with E-state index in [0.717, 1.165) is 10.5 Å². The summed E-state index contributed by atoms with van der Waals surface area (Å²) in [5.41, 5.74) is -0.214. The van der Waals surface area contributed by atoms with Crippen molar-refractivity contribution < 1.29 is 33.0 Å². The molecule has 1 fully saturated rings. The lowest BCUT2D eigenvalue weighted by atomic mass is 9.92. The zero-order valence-electron chi connectivity index (χ0n) is 17.1. The fourth-order valence-corrected chi connectivity index (χ4v) is 3.28. The average molecular weight is 445 g/mol. The van der Waals surface area contributed by atoms with Crippen molar-refractivity contribution in [3.05, 3.63) is 59.7 Å². The predicted molar refractivity (Wildman–Crippen MR) is 108 cm³/mol. The second-order valence-electron chi connectivity index (χ2n) is 7.32. The van der Waals surface area contributed by atoms with Crippen molar-refractivity contribution in [1.29, 1.82) is 5.26 Å². The zero-order chi connectivity index (χ0) is 23.3. The van der Waals surface area contributed by atoms with Crippen molar-refractivity contribution in [1.82, 2.24) is 10.2 Å². The Hall–Kier alpha value is -3.71. The number of rotatable bonds is 9. The molecule has 8 nitrogen and oxygen atoms in total. The molecular weight excluding hydrogens is 424 g/mol. The number of nitrogens with one attached hydrogen (secondary N) is 1. The summed E-state index contributed by atoms with van der Waals surface area (Å²) in [4.78, 5) is 26.2. The summed E-state index contributed by atoms with van der Waals surface area (Å²) in [5.74, 6) is -0.196. The molecule has 1 heterocycles. The number of aliphatic hydroxyl groups excluding tert-OH is 1. The average Bonchev–Trinajstić information content (AvgIpc) is 2.97. The van der Waals surface area contributed by atoms with Crippen molar-refractivity contribution in [3.8, 4) is 17.6 Å². The number of alkyl halides is 2. The highest BCUT2D eigenvalue weighted by Crippen LogP contribution is 2.30. The summed E-state index contributed by atoms with van der Waals surface area (Å²) in [7, 11) is 0. The van der Waals surface area contributed by atoms with E-state index < -0.39 is 30.2 Å². The van der Waals surface area contributed by atoms with E-state index in [-0.39, 0.29) is 25.3 Å². The van der Waals surface area contributed by atoms with Crippen LogP contribution in [0.4, 0.5) is 13.6 Å². The van der Waals surface area contributed by atoms with Crippen LogP contribution in [0.2, 0.25) is 0 Å². The van der Waals surface area contributed by atoms with E-state index in [0.29, 0.717) is 11.3 Å². The van der Waals surface area contributed by atoms with Crippen LogP contribution in [0, 0.1) is 11.3 Å². The first-order chi connectivity index (χ1) is 15.2. The molecule has 3 rings (SSSR count). The summed E-state index contributed by atoms with van der Waals surface area (Å²) >= 11 is 0. The number of hydrogen-bond acceptors (Lipinski definition) is 6. The second kappa shape index (κ2) is 9.62. The highest BCUT2D eigenvalue weighted by atomic mass is 19.3. The van der Waals surface area contributed by atoms with E-state index in [1.165, 1.54) is 31.2 Å². The van der Waals surface area contributed by atoms with Crippen LogP contribution in [-0.2, 0) is 16.8 Å². The number of hydrogen-bond donors (Lipinski definition) is 2. The molecule has 0 saturated carbocycles. The van der Waals surface area contributed by atoms with Gasteiger partial charge >= 0.3 is 12.6 Å². The van der Waals surface area contributed by atoms with Crippen LogP contribution < -0.4 is 14.8 Å². The Bertz CT molecular complexity index is 1010. The summed E-state index contributed by atoms with van der Waals surface area (Å²) in [5, 5.41) is 21.5. The van der Waals surface area contributed by atoms with E-state index in [1.54, 1.807) is 24.3 Å². The van der Waals surface area contributed by atoms with Gasteiger partial charge in [0.15, 0.2) is 0 Å². The normalized spacial score (nSPS) is 18.9. The SMILES string of the molecule is CC1(c2ccc(OC(F)F)cc2)NC(=O)N(CC(O)COc2ccc(CC#N)cc2)C1=O. The lowest BCUT2D eigenvalue weighted by Gasteiger charge is -2.23. The molecule has 10 heteroatoms. The van der Waals surface area contributed by atoms with E-state index in [4.69, 9.17) is 10.00 Å². The largest absolute Gasteiger partial charge is 0.491 e. The molecule has 1 aliphatic rings. The Labute approximate surface area is 183 Å². The number of aliphatic hydroxyl groups is 1. The van der Waals surface area contributed by atoms with Crippen molar-refractivity contribution >= 4 is 11.9 Å². The van der Waals surface area contributed by atoms with Crippen LogP contribution in [0.3, 0.4) is 0 Å². The number of amides is 3. The van der Waals surface area contributed by atoms with Crippen LogP contribution in [0.1, 0.15) is 18.1 Å². The first-order valence-corrected chi connectivity index (χ1v) is 9.69. The second-order valence-corrected chi connectivity index (χ2v) is 7.32. The van der Waals surface area contributed by atoms with E-state index in [1.807, 2.05) is 6.07 Å². The number of nitrogens with zero attached hydrogens (tertiary/aromatic N) is 2. The predicted octanol–water partition coefficient (Wildman–Crippen LogP) is 2.56. The molecule has 1 saturated heterocycles. The van der Waals surface area contributed by atoms with Crippen LogP contribution in [0.25, 0.3) is 0 Å². The Morgan fingerprint density at radius 1 is 1.12 bits per heavy atom. The van der Waals surface area contributed by atoms with Gasteiger partial charge in [-0.3, -0.25) is 9.69 Å². The minimum atomic E-state index is -2.97. The van der Waals surface area contributed by atoms with Gasteiger partial charge in [0, 0.05) is 0 Å². The fourth-order valence-electron chi connectivity index (χ4n) is 3.28. The molecule has 0 bridgehead atoms. The fraction of sp³-hybridized carbons (Fsp3) is 0.318. The van der Waals surface area contributed by atoms with E-state index in [2.05, 4.69) is 10.1 Å². The molecule has 2 atom stereocenters. The number of halogens is 2. The number of imide groups is 1. The summed E-state index contributed by atoms with van der Waals surface area (Å²) in [6.07, 6.45) is -0.872. The number of nitriles is 1. The third-order valence-electron chi connectivity index (χ3n) is 4.97. The maximum absolute atomic E-state index is 12.9. The van der Waals surface area contributed by atoms with Crippen LogP contribution in [0.15, 0.2) is 48.5 Å². The minimum Gasteiger partial charge on any atom is -0.491 e. The summed E-state index contributed by atoms with van der Waals surface area (Å²) in [6.45, 7) is -1.94. The lowest BCUT2D eigenvalue weighted by molar-refractivity contribution is -0.132. The quantitative estimate of drug-likeness (QED) is 0.574. The minimum absolute atomic E-state index is 0.0748. The summed E-state index contributed by atoms with van der Waals surface area (Å²) < 4.78 is 34.4. The first-order valence-electron chi connectivity index (χ1n) is 9.69. The van der Waals surface area contributed by atoms with E-state index in [9.17, 15) is 23.5 Å². The highest BCUT2D eigenvalue weighted by Gasteiger charge is 2.49. The lowest BCUT2D eigenvalue weighted by Crippen LogP contribution is -2.42. The monoisotopic (exact) mass is 445 g/mol. The number of ether oxygens (including phenoxy) is 2. The van der Waals surface area contributed by atoms with Gasteiger partial charge in [0.2, 0.25) is 0 Å². The Balaban J connectivity index is 1.60. The molecule has 168 valence electrons. The Kier molecular flexibility index (Phi) is 6.90. The maximum atomic E-state index is 12.9. The molecule has 2 unspecified atom stereocenters. The van der Waals surface area contributed by atoms with Crippen molar-refractivity contribution in [2.75, 3.05) is 13.2 Å². The van der Waals surface area contributed by atoms with Crippen LogP contribution in [0.5, 0.6) is 11.5 Å². The van der Waals surface area contributed by atoms with Gasteiger partial charge in [-0.15, -0.1) is 0 Å². The van der Waals surface area contributed by atoms with Gasteiger partial charge in [0.05, 0.1) is 19.0 Å². The Morgan fingerprint density at radius 3 is 2.34 bits per heavy atom. The smallest absolute Gasteiger partial charge is 0.387 e. The number of carbonyl (C=O) groups excluding carboxylic acids is 2. The van der Waals surface area contributed by atoms with Gasteiger partial charge in [-0.2, -0.15) is 14.0 Å². The van der Waals surface area contributed by atoms with Crippen molar-refractivity contribution in [2.45, 2.75) is 31.6 Å². The van der Waals surface area contributed by atoms with Crippen molar-refractivity contribution in [3.63, 3.8) is 0 Å².